The van der Waals surface area contributed by atoms with Crippen molar-refractivity contribution in [2.45, 2.75) is 32.2 Å². The normalized spacial score (nSPS) is 20.9. The number of rotatable bonds is 0. The number of hydrogen-bond acceptors (Lipinski definition) is 4. The first-order valence-electron chi connectivity index (χ1n) is 7.12. The summed E-state index contributed by atoms with van der Waals surface area (Å²) in [5, 5.41) is 1.10. The van der Waals surface area contributed by atoms with Gasteiger partial charge in [0.15, 0.2) is 0 Å². The van der Waals surface area contributed by atoms with Gasteiger partial charge in [0.2, 0.25) is 0 Å². The van der Waals surface area contributed by atoms with E-state index in [0.29, 0.717) is 6.04 Å². The maximum Gasteiger partial charge on any atom is 0.147 e. The summed E-state index contributed by atoms with van der Waals surface area (Å²) in [5.74, 6) is 1.05. The molecule has 2 aliphatic heterocycles. The van der Waals surface area contributed by atoms with Crippen LogP contribution in [0.1, 0.15) is 30.7 Å². The van der Waals surface area contributed by atoms with Crippen molar-refractivity contribution in [1.82, 2.24) is 15.0 Å². The van der Waals surface area contributed by atoms with E-state index in [4.69, 9.17) is 4.98 Å². The molecule has 1 fully saturated rings. The Balaban J connectivity index is 2.07. The molecule has 4 nitrogen and oxygen atoms in total. The number of hydrogen-bond donors (Lipinski definition) is 0. The Kier molecular flexibility index (Phi) is 2.74. The number of nitrogens with zero attached hydrogens (tertiary/aromatic N) is 4. The fourth-order valence-corrected chi connectivity index (χ4v) is 3.52. The van der Waals surface area contributed by atoms with Crippen LogP contribution in [0.5, 0.6) is 0 Å². The maximum atomic E-state index is 4.70. The molecule has 0 amide bonds. The summed E-state index contributed by atoms with van der Waals surface area (Å²) in [6.45, 7) is 3.09. The summed E-state index contributed by atoms with van der Waals surface area (Å²) in [7, 11) is 2.63. The van der Waals surface area contributed by atoms with Gasteiger partial charge in [0.25, 0.3) is 0 Å². The van der Waals surface area contributed by atoms with Crippen molar-refractivity contribution in [2.75, 3.05) is 11.4 Å². The summed E-state index contributed by atoms with van der Waals surface area (Å²) >= 11 is 0. The van der Waals surface area contributed by atoms with E-state index in [1.54, 1.807) is 0 Å². The fraction of sp³-hybridized carbons (Fsp3) is 0.400. The standard InChI is InChI=1S/C15H17N4P/c1-9-8-12-13-11(16-9)6-5-10-4-2-3-7-19(10)14(13)18-15(20)17-12/h5-6,8,10H,2-4,7,20H2,1H3. The van der Waals surface area contributed by atoms with E-state index in [9.17, 15) is 0 Å². The molecular weight excluding hydrogens is 267 g/mol. The van der Waals surface area contributed by atoms with Crippen LogP contribution in [-0.4, -0.2) is 27.5 Å². The molecule has 0 bridgehead atoms. The van der Waals surface area contributed by atoms with Gasteiger partial charge in [-0.2, -0.15) is 0 Å². The minimum atomic E-state index is 0.445. The van der Waals surface area contributed by atoms with Crippen LogP contribution in [0.15, 0.2) is 12.1 Å². The van der Waals surface area contributed by atoms with Crippen LogP contribution in [0.25, 0.3) is 17.0 Å². The van der Waals surface area contributed by atoms with E-state index < -0.39 is 0 Å². The van der Waals surface area contributed by atoms with Gasteiger partial charge in [0, 0.05) is 18.3 Å². The van der Waals surface area contributed by atoms with Crippen molar-refractivity contribution in [3.63, 3.8) is 0 Å². The van der Waals surface area contributed by atoms with E-state index >= 15 is 0 Å². The molecule has 0 radical (unpaired) electrons. The first-order valence-corrected chi connectivity index (χ1v) is 7.70. The summed E-state index contributed by atoms with van der Waals surface area (Å²) in [6, 6.07) is 2.50. The third-order valence-electron chi connectivity index (χ3n) is 4.13. The Bertz CT molecular complexity index is 720. The van der Waals surface area contributed by atoms with Crippen LogP contribution in [0.4, 0.5) is 5.82 Å². The lowest BCUT2D eigenvalue weighted by Crippen LogP contribution is -2.39. The lowest BCUT2D eigenvalue weighted by molar-refractivity contribution is 0.514. The summed E-state index contributed by atoms with van der Waals surface area (Å²) < 4.78 is 0. The molecule has 2 unspecified atom stereocenters. The first kappa shape index (κ1) is 12.2. The van der Waals surface area contributed by atoms with Crippen LogP contribution in [0, 0.1) is 6.92 Å². The van der Waals surface area contributed by atoms with Crippen molar-refractivity contribution < 1.29 is 0 Å². The van der Waals surface area contributed by atoms with Gasteiger partial charge in [-0.15, -0.1) is 0 Å². The molecule has 4 heterocycles. The van der Waals surface area contributed by atoms with Gasteiger partial charge in [-0.05, 0) is 38.3 Å². The molecule has 0 spiro atoms. The van der Waals surface area contributed by atoms with Crippen LogP contribution < -0.4 is 10.5 Å². The highest BCUT2D eigenvalue weighted by Crippen LogP contribution is 2.34. The van der Waals surface area contributed by atoms with Gasteiger partial charge in [-0.1, -0.05) is 15.3 Å². The number of aromatic nitrogens is 3. The third-order valence-corrected chi connectivity index (χ3v) is 4.39. The van der Waals surface area contributed by atoms with Crippen molar-refractivity contribution in [2.24, 2.45) is 0 Å². The van der Waals surface area contributed by atoms with Gasteiger partial charge < -0.3 is 4.90 Å². The van der Waals surface area contributed by atoms with Gasteiger partial charge in [0.1, 0.15) is 11.4 Å². The Labute approximate surface area is 120 Å². The predicted molar refractivity (Wildman–Crippen MR) is 85.4 cm³/mol. The van der Waals surface area contributed by atoms with E-state index in [1.165, 1.54) is 19.3 Å². The highest BCUT2D eigenvalue weighted by molar-refractivity contribution is 7.26. The molecule has 2 aliphatic rings. The topological polar surface area (TPSA) is 41.9 Å². The molecular formula is C15H17N4P. The highest BCUT2D eigenvalue weighted by Gasteiger charge is 2.27. The van der Waals surface area contributed by atoms with Crippen LogP contribution in [0.2, 0.25) is 0 Å². The molecule has 2 atom stereocenters. The molecule has 2 aromatic heterocycles. The lowest BCUT2D eigenvalue weighted by Gasteiger charge is -2.34. The van der Waals surface area contributed by atoms with Crippen molar-refractivity contribution in [3.8, 4) is 0 Å². The fourth-order valence-electron chi connectivity index (χ4n) is 3.26. The third kappa shape index (κ3) is 1.82. The Morgan fingerprint density at radius 2 is 2.15 bits per heavy atom. The number of pyridine rings is 1. The van der Waals surface area contributed by atoms with Crippen molar-refractivity contribution in [1.29, 1.82) is 0 Å². The first-order chi connectivity index (χ1) is 9.72. The second-order valence-electron chi connectivity index (χ2n) is 5.56. The lowest BCUT2D eigenvalue weighted by atomic mass is 10.0. The SMILES string of the molecule is Cc1cc2nc(P)nc3c2c(n1)C=CC1CCCCN31. The molecule has 102 valence electrons. The summed E-state index contributed by atoms with van der Waals surface area (Å²) in [4.78, 5) is 16.4. The summed E-state index contributed by atoms with van der Waals surface area (Å²) in [5.41, 5.74) is 3.77. The zero-order valence-corrected chi connectivity index (χ0v) is 12.7. The molecule has 5 heteroatoms. The number of piperidine rings is 1. The second kappa shape index (κ2) is 4.49. The van der Waals surface area contributed by atoms with Gasteiger partial charge in [-0.3, -0.25) is 4.98 Å². The Morgan fingerprint density at radius 3 is 3.05 bits per heavy atom. The molecule has 2 aromatic rings. The van der Waals surface area contributed by atoms with Crippen LogP contribution in [0.3, 0.4) is 0 Å². The van der Waals surface area contributed by atoms with Crippen molar-refractivity contribution >= 4 is 37.6 Å². The highest BCUT2D eigenvalue weighted by atomic mass is 31.0. The van der Waals surface area contributed by atoms with Crippen LogP contribution in [-0.2, 0) is 0 Å². The predicted octanol–water partition coefficient (Wildman–Crippen LogP) is 2.22. The average Bonchev–Trinajstić information content (AvgIpc) is 2.57. The summed E-state index contributed by atoms with van der Waals surface area (Å²) in [6.07, 6.45) is 8.15. The van der Waals surface area contributed by atoms with E-state index in [0.717, 1.165) is 40.2 Å². The Hall–Kier alpha value is -1.54. The van der Waals surface area contributed by atoms with E-state index in [1.807, 2.05) is 6.92 Å². The molecule has 0 N–H and O–H groups in total. The number of fused-ring (bicyclic) bond motifs is 2. The molecule has 0 aliphatic carbocycles. The van der Waals surface area contributed by atoms with E-state index in [2.05, 4.69) is 42.3 Å². The minimum Gasteiger partial charge on any atom is -0.349 e. The largest absolute Gasteiger partial charge is 0.349 e. The maximum absolute atomic E-state index is 4.70. The minimum absolute atomic E-state index is 0.445. The van der Waals surface area contributed by atoms with Gasteiger partial charge in [0.05, 0.1) is 16.6 Å². The molecule has 0 saturated carbocycles. The quantitative estimate of drug-likeness (QED) is 0.696. The molecule has 20 heavy (non-hydrogen) atoms. The monoisotopic (exact) mass is 284 g/mol. The van der Waals surface area contributed by atoms with Crippen LogP contribution >= 0.6 is 9.24 Å². The van der Waals surface area contributed by atoms with E-state index in [-0.39, 0.29) is 0 Å². The zero-order chi connectivity index (χ0) is 13.7. The Morgan fingerprint density at radius 1 is 1.25 bits per heavy atom. The molecule has 0 aromatic carbocycles. The second-order valence-corrected chi connectivity index (χ2v) is 6.08. The van der Waals surface area contributed by atoms with Gasteiger partial charge in [-0.25, -0.2) is 9.97 Å². The zero-order valence-electron chi connectivity index (χ0n) is 11.5. The molecule has 4 rings (SSSR count). The average molecular weight is 284 g/mol. The van der Waals surface area contributed by atoms with Gasteiger partial charge >= 0.3 is 0 Å². The molecule has 1 saturated heterocycles. The number of anilines is 1. The smallest absolute Gasteiger partial charge is 0.147 e. The number of aryl methyl sites for hydroxylation is 1. The van der Waals surface area contributed by atoms with Crippen molar-refractivity contribution in [3.05, 3.63) is 23.5 Å².